The Labute approximate surface area is 154 Å². The van der Waals surface area contributed by atoms with Crippen LogP contribution >= 0.6 is 0 Å². The summed E-state index contributed by atoms with van der Waals surface area (Å²) in [4.78, 5) is 19.5. The molecule has 2 aliphatic rings. The first-order chi connectivity index (χ1) is 12.7. The molecule has 1 aromatic carbocycles. The number of aromatic nitrogens is 1. The maximum Gasteiger partial charge on any atom is 0.226 e. The Hall–Kier alpha value is -2.24. The number of hydrogen-bond acceptors (Lipinski definition) is 4. The number of carbonyl (C=O) groups excluding carboxylic acids is 1. The van der Waals surface area contributed by atoms with Gasteiger partial charge in [-0.25, -0.2) is 0 Å². The van der Waals surface area contributed by atoms with Gasteiger partial charge in [0.1, 0.15) is 0 Å². The van der Waals surface area contributed by atoms with Crippen LogP contribution in [0, 0.1) is 5.92 Å². The molecule has 136 valence electrons. The van der Waals surface area contributed by atoms with Crippen molar-refractivity contribution in [1.29, 1.82) is 0 Å². The Morgan fingerprint density at radius 3 is 2.73 bits per heavy atom. The van der Waals surface area contributed by atoms with Gasteiger partial charge in [-0.1, -0.05) is 36.4 Å². The number of likely N-dealkylation sites (N-methyl/N-ethyl adjacent to an activating group) is 1. The highest BCUT2D eigenvalue weighted by Crippen LogP contribution is 2.36. The first-order valence-corrected chi connectivity index (χ1v) is 9.31. The summed E-state index contributed by atoms with van der Waals surface area (Å²) in [5, 5.41) is 3.32. The molecule has 2 aliphatic heterocycles. The van der Waals surface area contributed by atoms with Crippen LogP contribution in [0.2, 0.25) is 0 Å². The Bertz CT molecular complexity index is 737. The van der Waals surface area contributed by atoms with Crippen molar-refractivity contribution >= 4 is 5.91 Å². The molecular formula is C21H25N3O2. The van der Waals surface area contributed by atoms with Crippen molar-refractivity contribution in [3.05, 3.63) is 66.0 Å². The SMILES string of the molecule is CN1CCC(NC(=O)[C@H]2CCO[C@@H]2c2cccnc2)C1c1ccccc1. The second kappa shape index (κ2) is 7.56. The quantitative estimate of drug-likeness (QED) is 0.920. The summed E-state index contributed by atoms with van der Waals surface area (Å²) in [7, 11) is 2.13. The topological polar surface area (TPSA) is 54.5 Å². The maximum absolute atomic E-state index is 13.0. The number of pyridine rings is 1. The van der Waals surface area contributed by atoms with E-state index in [1.165, 1.54) is 5.56 Å². The summed E-state index contributed by atoms with van der Waals surface area (Å²) >= 11 is 0. The van der Waals surface area contributed by atoms with E-state index in [0.29, 0.717) is 6.61 Å². The van der Waals surface area contributed by atoms with Crippen LogP contribution in [0.5, 0.6) is 0 Å². The molecule has 0 bridgehead atoms. The minimum Gasteiger partial charge on any atom is -0.373 e. The van der Waals surface area contributed by atoms with Crippen molar-refractivity contribution in [2.75, 3.05) is 20.2 Å². The van der Waals surface area contributed by atoms with Gasteiger partial charge in [-0.05, 0) is 37.1 Å². The normalized spacial score (nSPS) is 29.0. The van der Waals surface area contributed by atoms with E-state index in [4.69, 9.17) is 4.74 Å². The second-order valence-corrected chi connectivity index (χ2v) is 7.21. The van der Waals surface area contributed by atoms with Crippen LogP contribution in [0.4, 0.5) is 0 Å². The third-order valence-corrected chi connectivity index (χ3v) is 5.56. The lowest BCUT2D eigenvalue weighted by Crippen LogP contribution is -2.42. The van der Waals surface area contributed by atoms with Crippen molar-refractivity contribution in [3.8, 4) is 0 Å². The Balaban J connectivity index is 1.48. The smallest absolute Gasteiger partial charge is 0.226 e. The highest BCUT2D eigenvalue weighted by Gasteiger charge is 2.39. The van der Waals surface area contributed by atoms with Gasteiger partial charge in [0.15, 0.2) is 0 Å². The number of likely N-dealkylation sites (tertiary alicyclic amines) is 1. The van der Waals surface area contributed by atoms with Crippen molar-refractivity contribution in [3.63, 3.8) is 0 Å². The molecule has 0 aliphatic carbocycles. The molecule has 4 atom stereocenters. The molecule has 1 aromatic heterocycles. The van der Waals surface area contributed by atoms with E-state index in [1.807, 2.05) is 18.2 Å². The van der Waals surface area contributed by atoms with Crippen LogP contribution in [-0.2, 0) is 9.53 Å². The molecule has 0 saturated carbocycles. The number of amides is 1. The fourth-order valence-corrected chi connectivity index (χ4v) is 4.26. The molecule has 0 spiro atoms. The average molecular weight is 351 g/mol. The van der Waals surface area contributed by atoms with E-state index in [1.54, 1.807) is 12.4 Å². The largest absolute Gasteiger partial charge is 0.373 e. The van der Waals surface area contributed by atoms with Crippen LogP contribution in [-0.4, -0.2) is 42.0 Å². The number of nitrogens with zero attached hydrogens (tertiary/aromatic N) is 2. The van der Waals surface area contributed by atoms with Crippen molar-refractivity contribution < 1.29 is 9.53 Å². The summed E-state index contributed by atoms with van der Waals surface area (Å²) in [6.07, 6.45) is 5.06. The third kappa shape index (κ3) is 3.37. The zero-order valence-electron chi connectivity index (χ0n) is 15.0. The van der Waals surface area contributed by atoms with Gasteiger partial charge in [0.2, 0.25) is 5.91 Å². The van der Waals surface area contributed by atoms with Gasteiger partial charge < -0.3 is 10.1 Å². The zero-order chi connectivity index (χ0) is 17.9. The van der Waals surface area contributed by atoms with E-state index in [-0.39, 0.29) is 30.0 Å². The van der Waals surface area contributed by atoms with Crippen molar-refractivity contribution in [2.45, 2.75) is 31.0 Å². The van der Waals surface area contributed by atoms with Crippen LogP contribution in [0.25, 0.3) is 0 Å². The molecular weight excluding hydrogens is 326 g/mol. The fourth-order valence-electron chi connectivity index (χ4n) is 4.26. The van der Waals surface area contributed by atoms with E-state index >= 15 is 0 Å². The number of benzene rings is 1. The maximum atomic E-state index is 13.0. The minimum absolute atomic E-state index is 0.0950. The Morgan fingerprint density at radius 1 is 1.15 bits per heavy atom. The lowest BCUT2D eigenvalue weighted by Gasteiger charge is -2.28. The van der Waals surface area contributed by atoms with Gasteiger partial charge in [-0.15, -0.1) is 0 Å². The van der Waals surface area contributed by atoms with Crippen LogP contribution in [0.1, 0.15) is 36.1 Å². The summed E-state index contributed by atoms with van der Waals surface area (Å²) in [6.45, 7) is 1.60. The first kappa shape index (κ1) is 17.2. The predicted molar refractivity (Wildman–Crippen MR) is 99.4 cm³/mol. The van der Waals surface area contributed by atoms with E-state index < -0.39 is 0 Å². The fraction of sp³-hybridized carbons (Fsp3) is 0.429. The van der Waals surface area contributed by atoms with Gasteiger partial charge in [-0.2, -0.15) is 0 Å². The summed E-state index contributed by atoms with van der Waals surface area (Å²) in [5.41, 5.74) is 2.23. The number of nitrogens with one attached hydrogen (secondary N) is 1. The molecule has 26 heavy (non-hydrogen) atoms. The average Bonchev–Trinajstić information content (AvgIpc) is 3.30. The molecule has 5 nitrogen and oxygen atoms in total. The van der Waals surface area contributed by atoms with E-state index in [0.717, 1.165) is 24.9 Å². The number of hydrogen-bond donors (Lipinski definition) is 1. The highest BCUT2D eigenvalue weighted by molar-refractivity contribution is 5.80. The molecule has 4 rings (SSSR count). The van der Waals surface area contributed by atoms with Crippen LogP contribution < -0.4 is 5.32 Å². The minimum atomic E-state index is -0.196. The summed E-state index contributed by atoms with van der Waals surface area (Å²) in [6, 6.07) is 14.7. The lowest BCUT2D eigenvalue weighted by atomic mass is 9.94. The third-order valence-electron chi connectivity index (χ3n) is 5.56. The Kier molecular flexibility index (Phi) is 5.00. The molecule has 3 heterocycles. The number of rotatable bonds is 4. The van der Waals surface area contributed by atoms with E-state index in [9.17, 15) is 4.79 Å². The molecule has 2 unspecified atom stereocenters. The van der Waals surface area contributed by atoms with Gasteiger partial charge in [0.25, 0.3) is 0 Å². The monoisotopic (exact) mass is 351 g/mol. The van der Waals surface area contributed by atoms with E-state index in [2.05, 4.69) is 46.5 Å². The molecule has 5 heteroatoms. The second-order valence-electron chi connectivity index (χ2n) is 7.21. The molecule has 2 fully saturated rings. The molecule has 2 aromatic rings. The summed E-state index contributed by atoms with van der Waals surface area (Å²) in [5.74, 6) is -0.0564. The predicted octanol–water partition coefficient (Wildman–Crippen LogP) is 2.72. The van der Waals surface area contributed by atoms with Crippen LogP contribution in [0.15, 0.2) is 54.9 Å². The molecule has 1 amide bonds. The van der Waals surface area contributed by atoms with Gasteiger partial charge in [-0.3, -0.25) is 14.7 Å². The molecule has 2 saturated heterocycles. The number of carbonyl (C=O) groups is 1. The first-order valence-electron chi connectivity index (χ1n) is 9.31. The number of ether oxygens (including phenoxy) is 1. The molecule has 0 radical (unpaired) electrons. The Morgan fingerprint density at radius 2 is 1.96 bits per heavy atom. The molecule has 1 N–H and O–H groups in total. The van der Waals surface area contributed by atoms with Crippen molar-refractivity contribution in [1.82, 2.24) is 15.2 Å². The van der Waals surface area contributed by atoms with Gasteiger partial charge in [0.05, 0.1) is 18.1 Å². The lowest BCUT2D eigenvalue weighted by molar-refractivity contribution is -0.127. The highest BCUT2D eigenvalue weighted by atomic mass is 16.5. The summed E-state index contributed by atoms with van der Waals surface area (Å²) < 4.78 is 5.86. The van der Waals surface area contributed by atoms with Gasteiger partial charge >= 0.3 is 0 Å². The van der Waals surface area contributed by atoms with Crippen molar-refractivity contribution in [2.24, 2.45) is 5.92 Å². The standard InChI is InChI=1S/C21H25N3O2/c1-24-12-9-18(19(24)15-6-3-2-4-7-15)23-21(25)17-10-13-26-20(17)16-8-5-11-22-14-16/h2-8,11,14,17-20H,9-10,12-13H2,1H3,(H,23,25)/t17-,18?,19?,20+/m0/s1. The van der Waals surface area contributed by atoms with Gasteiger partial charge in [0, 0.05) is 31.6 Å². The van der Waals surface area contributed by atoms with Crippen LogP contribution in [0.3, 0.4) is 0 Å². The zero-order valence-corrected chi connectivity index (χ0v) is 15.0.